The molecule has 6 nitrogen and oxygen atoms in total. The average Bonchev–Trinajstić information content (AvgIpc) is 2.70. The molecule has 104 valence electrons. The molecule has 1 unspecified atom stereocenters. The number of aliphatic imine (C=N–C) groups is 1. The van der Waals surface area contributed by atoms with Crippen molar-refractivity contribution in [3.8, 4) is 0 Å². The summed E-state index contributed by atoms with van der Waals surface area (Å²) < 4.78 is 1.73. The lowest BCUT2D eigenvalue weighted by molar-refractivity contribution is -0.355. The van der Waals surface area contributed by atoms with Gasteiger partial charge >= 0.3 is 0 Å². The Morgan fingerprint density at radius 1 is 1.65 bits per heavy atom. The number of amides is 2. The van der Waals surface area contributed by atoms with Crippen molar-refractivity contribution >= 4 is 57.1 Å². The van der Waals surface area contributed by atoms with Crippen molar-refractivity contribution in [1.29, 1.82) is 0 Å². The Morgan fingerprint density at radius 2 is 2.35 bits per heavy atom. The van der Waals surface area contributed by atoms with Gasteiger partial charge < -0.3 is 0 Å². The van der Waals surface area contributed by atoms with Crippen LogP contribution in [0.25, 0.3) is 0 Å². The summed E-state index contributed by atoms with van der Waals surface area (Å²) in [5, 5.41) is 2.58. The minimum Gasteiger partial charge on any atom is -0.298 e. The van der Waals surface area contributed by atoms with E-state index in [1.807, 2.05) is 0 Å². The molecule has 0 aromatic rings. The van der Waals surface area contributed by atoms with E-state index in [-0.39, 0.29) is 22.2 Å². The highest BCUT2D eigenvalue weighted by Gasteiger charge is 2.35. The zero-order valence-corrected chi connectivity index (χ0v) is 13.1. The summed E-state index contributed by atoms with van der Waals surface area (Å²) in [4.78, 5) is 29.4. The minimum absolute atomic E-state index is 0.0252. The SMILES string of the molecule is C=CCN1C(=O)/C(=C/C2=[N+](C)C=NC2Br)C(=O)NC1=S. The van der Waals surface area contributed by atoms with E-state index in [4.69, 9.17) is 12.2 Å². The van der Waals surface area contributed by atoms with E-state index >= 15 is 0 Å². The largest absolute Gasteiger partial charge is 0.298 e. The average molecular weight is 356 g/mol. The van der Waals surface area contributed by atoms with Gasteiger partial charge in [-0.15, -0.1) is 6.58 Å². The lowest BCUT2D eigenvalue weighted by atomic mass is 10.1. The second-order valence-electron chi connectivity index (χ2n) is 4.16. The molecule has 0 bridgehead atoms. The van der Waals surface area contributed by atoms with E-state index in [1.165, 1.54) is 11.0 Å². The van der Waals surface area contributed by atoms with Crippen LogP contribution in [0, 0.1) is 0 Å². The van der Waals surface area contributed by atoms with Crippen LogP contribution < -0.4 is 5.32 Å². The Kier molecular flexibility index (Phi) is 4.24. The topological polar surface area (TPSA) is 64.8 Å². The van der Waals surface area contributed by atoms with E-state index in [2.05, 4.69) is 32.8 Å². The highest BCUT2D eigenvalue weighted by molar-refractivity contribution is 9.10. The summed E-state index contributed by atoms with van der Waals surface area (Å²) >= 11 is 8.33. The number of nitrogens with zero attached hydrogens (tertiary/aromatic N) is 3. The molecule has 0 radical (unpaired) electrons. The molecule has 1 fully saturated rings. The number of carbonyl (C=O) groups excluding carboxylic acids is 2. The van der Waals surface area contributed by atoms with Crippen LogP contribution in [0.5, 0.6) is 0 Å². The number of rotatable bonds is 3. The zero-order valence-electron chi connectivity index (χ0n) is 10.7. The first kappa shape index (κ1) is 14.7. The zero-order chi connectivity index (χ0) is 14.9. The number of carbonyl (C=O) groups is 2. The second-order valence-corrected chi connectivity index (χ2v) is 5.41. The molecule has 0 aromatic heterocycles. The van der Waals surface area contributed by atoms with Crippen LogP contribution in [0.2, 0.25) is 0 Å². The third kappa shape index (κ3) is 2.61. The van der Waals surface area contributed by atoms with Gasteiger partial charge in [-0.25, -0.2) is 4.58 Å². The van der Waals surface area contributed by atoms with Gasteiger partial charge in [0.25, 0.3) is 23.1 Å². The summed E-state index contributed by atoms with van der Waals surface area (Å²) in [5.74, 6) is -0.945. The first-order valence-electron chi connectivity index (χ1n) is 5.72. The van der Waals surface area contributed by atoms with Crippen molar-refractivity contribution < 1.29 is 14.2 Å². The molecule has 2 heterocycles. The summed E-state index contributed by atoms with van der Waals surface area (Å²) in [6.07, 6.45) is 4.68. The number of hydrogen-bond acceptors (Lipinski definition) is 4. The Morgan fingerprint density at radius 3 is 2.90 bits per heavy atom. The normalized spacial score (nSPS) is 24.7. The number of hydrogen-bond donors (Lipinski definition) is 1. The van der Waals surface area contributed by atoms with Crippen molar-refractivity contribution in [1.82, 2.24) is 10.2 Å². The highest BCUT2D eigenvalue weighted by atomic mass is 79.9. The predicted molar refractivity (Wildman–Crippen MR) is 83.1 cm³/mol. The van der Waals surface area contributed by atoms with Gasteiger partial charge in [-0.2, -0.15) is 0 Å². The van der Waals surface area contributed by atoms with Crippen molar-refractivity contribution in [2.24, 2.45) is 4.99 Å². The molecule has 1 atom stereocenters. The Bertz CT molecular complexity index is 609. The Hall–Kier alpha value is -1.67. The van der Waals surface area contributed by atoms with Crippen molar-refractivity contribution in [3.63, 3.8) is 0 Å². The maximum Gasteiger partial charge on any atom is 0.282 e. The molecule has 0 aliphatic carbocycles. The van der Waals surface area contributed by atoms with Crippen molar-refractivity contribution in [2.75, 3.05) is 13.6 Å². The Labute approximate surface area is 129 Å². The standard InChI is InChI=1S/C12H11BrN4O2S/c1-3-4-17-11(19)7(10(18)15-12(17)20)5-8-9(13)14-6-16(8)2/h3,5-6,9H,1,4H2,2H3/p+1/b7-5+. The van der Waals surface area contributed by atoms with Gasteiger partial charge in [-0.3, -0.25) is 19.8 Å². The molecule has 20 heavy (non-hydrogen) atoms. The molecule has 2 amide bonds. The van der Waals surface area contributed by atoms with Gasteiger partial charge in [0.15, 0.2) is 10.8 Å². The van der Waals surface area contributed by atoms with Crippen molar-refractivity contribution in [2.45, 2.75) is 4.95 Å². The molecule has 2 aliphatic heterocycles. The monoisotopic (exact) mass is 355 g/mol. The van der Waals surface area contributed by atoms with E-state index < -0.39 is 11.8 Å². The summed E-state index contributed by atoms with van der Waals surface area (Å²) in [7, 11) is 1.79. The van der Waals surface area contributed by atoms with Crippen LogP contribution in [0.1, 0.15) is 0 Å². The molecule has 0 saturated carbocycles. The van der Waals surface area contributed by atoms with E-state index in [0.717, 1.165) is 0 Å². The minimum atomic E-state index is -0.507. The van der Waals surface area contributed by atoms with Crippen LogP contribution in [0.15, 0.2) is 29.3 Å². The third-order valence-corrected chi connectivity index (χ3v) is 3.84. The molecule has 8 heteroatoms. The van der Waals surface area contributed by atoms with Crippen molar-refractivity contribution in [3.05, 3.63) is 24.3 Å². The van der Waals surface area contributed by atoms with Crippen LogP contribution >= 0.6 is 28.1 Å². The lowest BCUT2D eigenvalue weighted by Gasteiger charge is -2.27. The number of halogens is 1. The van der Waals surface area contributed by atoms with Crippen LogP contribution in [0.4, 0.5) is 0 Å². The molecule has 1 saturated heterocycles. The van der Waals surface area contributed by atoms with Crippen LogP contribution in [0.3, 0.4) is 0 Å². The smallest absolute Gasteiger partial charge is 0.282 e. The summed E-state index contributed by atoms with van der Waals surface area (Å²) in [6.45, 7) is 3.81. The van der Waals surface area contributed by atoms with E-state index in [0.29, 0.717) is 5.71 Å². The fraction of sp³-hybridized carbons (Fsp3) is 0.250. The molecule has 0 aromatic carbocycles. The summed E-state index contributed by atoms with van der Waals surface area (Å²) in [5.41, 5.74) is 0.729. The van der Waals surface area contributed by atoms with Gasteiger partial charge in [0.1, 0.15) is 5.57 Å². The quantitative estimate of drug-likeness (QED) is 0.149. The van der Waals surface area contributed by atoms with Crippen LogP contribution in [-0.4, -0.2) is 57.0 Å². The molecule has 2 aliphatic rings. The lowest BCUT2D eigenvalue weighted by Crippen LogP contribution is -2.54. The van der Waals surface area contributed by atoms with Gasteiger partial charge in [0.05, 0.1) is 7.05 Å². The fourth-order valence-electron chi connectivity index (χ4n) is 1.78. The van der Waals surface area contributed by atoms with Gasteiger partial charge in [-0.1, -0.05) is 11.1 Å². The van der Waals surface area contributed by atoms with Gasteiger partial charge in [0.2, 0.25) is 0 Å². The molecule has 1 N–H and O–H groups in total. The van der Waals surface area contributed by atoms with Gasteiger partial charge in [-0.05, 0) is 28.1 Å². The number of alkyl halides is 1. The highest BCUT2D eigenvalue weighted by Crippen LogP contribution is 2.15. The maximum absolute atomic E-state index is 12.3. The van der Waals surface area contributed by atoms with E-state index in [1.54, 1.807) is 24.0 Å². The number of nitrogens with one attached hydrogen (secondary N) is 1. The van der Waals surface area contributed by atoms with E-state index in [9.17, 15) is 9.59 Å². The predicted octanol–water partition coefficient (Wildman–Crippen LogP) is 0.188. The number of thiocarbonyl (C=S) groups is 1. The molecular weight excluding hydrogens is 344 g/mol. The third-order valence-electron chi connectivity index (χ3n) is 2.81. The molecular formula is C12H12BrN4O2S+. The second kappa shape index (κ2) is 5.76. The van der Waals surface area contributed by atoms with Gasteiger partial charge in [0, 0.05) is 12.6 Å². The molecule has 2 rings (SSSR count). The first-order valence-corrected chi connectivity index (χ1v) is 7.05. The maximum atomic E-state index is 12.3. The fourth-order valence-corrected chi connectivity index (χ4v) is 2.59. The molecule has 0 spiro atoms. The Balaban J connectivity index is 2.37. The summed E-state index contributed by atoms with van der Waals surface area (Å²) in [6, 6.07) is 0. The van der Waals surface area contributed by atoms with Crippen LogP contribution in [-0.2, 0) is 9.59 Å². The first-order chi connectivity index (χ1) is 9.45.